The van der Waals surface area contributed by atoms with Gasteiger partial charge in [-0.3, -0.25) is 0 Å². The molecule has 1 atom stereocenters. The second kappa shape index (κ2) is 6.99. The van der Waals surface area contributed by atoms with Crippen molar-refractivity contribution in [3.05, 3.63) is 54.2 Å². The standard InChI is InChI=1S/C18H21N5O2S/c1-11(2)16(19)15-5-3-4-12-10-21-18(23-17(12)15)22-13-6-8-14(9-7-13)26(20,24)25/h3-11,16H,19H2,1-2H3,(H2,20,24,25)(H,21,22,23). The molecule has 2 aromatic carbocycles. The van der Waals surface area contributed by atoms with E-state index in [-0.39, 0.29) is 16.9 Å². The summed E-state index contributed by atoms with van der Waals surface area (Å²) in [5.74, 6) is 0.682. The number of nitrogens with two attached hydrogens (primary N) is 2. The fourth-order valence-electron chi connectivity index (χ4n) is 2.62. The van der Waals surface area contributed by atoms with E-state index in [0.29, 0.717) is 11.6 Å². The number of aromatic nitrogens is 2. The van der Waals surface area contributed by atoms with Crippen molar-refractivity contribution in [3.63, 3.8) is 0 Å². The van der Waals surface area contributed by atoms with Crippen molar-refractivity contribution < 1.29 is 8.42 Å². The molecule has 0 spiro atoms. The Labute approximate surface area is 152 Å². The van der Waals surface area contributed by atoms with Crippen LogP contribution in [0, 0.1) is 5.92 Å². The minimum Gasteiger partial charge on any atom is -0.324 e. The van der Waals surface area contributed by atoms with Gasteiger partial charge in [0, 0.05) is 23.3 Å². The van der Waals surface area contributed by atoms with E-state index in [4.69, 9.17) is 10.9 Å². The van der Waals surface area contributed by atoms with E-state index >= 15 is 0 Å². The lowest BCUT2D eigenvalue weighted by Gasteiger charge is -2.18. The third-order valence-electron chi connectivity index (χ3n) is 4.16. The Balaban J connectivity index is 1.95. The topological polar surface area (TPSA) is 124 Å². The second-order valence-electron chi connectivity index (χ2n) is 6.44. The number of fused-ring (bicyclic) bond motifs is 1. The quantitative estimate of drug-likeness (QED) is 0.633. The highest BCUT2D eigenvalue weighted by molar-refractivity contribution is 7.89. The first kappa shape index (κ1) is 18.2. The molecular weight excluding hydrogens is 350 g/mol. The number of hydrogen-bond acceptors (Lipinski definition) is 6. The number of sulfonamides is 1. The molecule has 1 unspecified atom stereocenters. The SMILES string of the molecule is CC(C)C(N)c1cccc2cnc(Nc3ccc(S(N)(=O)=O)cc3)nc12. The zero-order valence-corrected chi connectivity index (χ0v) is 15.4. The van der Waals surface area contributed by atoms with Gasteiger partial charge in [-0.25, -0.2) is 23.5 Å². The maximum Gasteiger partial charge on any atom is 0.238 e. The van der Waals surface area contributed by atoms with Crippen LogP contribution < -0.4 is 16.2 Å². The van der Waals surface area contributed by atoms with Crippen LogP contribution in [0.3, 0.4) is 0 Å². The summed E-state index contributed by atoms with van der Waals surface area (Å²) in [6.07, 6.45) is 1.74. The zero-order valence-electron chi connectivity index (χ0n) is 14.5. The molecule has 0 aliphatic heterocycles. The normalized spacial score (nSPS) is 13.1. The predicted octanol–water partition coefficient (Wildman–Crippen LogP) is 2.68. The summed E-state index contributed by atoms with van der Waals surface area (Å²) < 4.78 is 22.7. The van der Waals surface area contributed by atoms with Gasteiger partial charge in [0.05, 0.1) is 10.4 Å². The molecule has 0 radical (unpaired) electrons. The number of rotatable bonds is 5. The van der Waals surface area contributed by atoms with Gasteiger partial charge in [-0.1, -0.05) is 32.0 Å². The predicted molar refractivity (Wildman–Crippen MR) is 102 cm³/mol. The minimum atomic E-state index is -3.72. The van der Waals surface area contributed by atoms with Crippen molar-refractivity contribution in [2.45, 2.75) is 24.8 Å². The maximum atomic E-state index is 11.3. The Morgan fingerprint density at radius 1 is 1.08 bits per heavy atom. The summed E-state index contributed by atoms with van der Waals surface area (Å²) in [6.45, 7) is 4.13. The van der Waals surface area contributed by atoms with Crippen molar-refractivity contribution in [2.75, 3.05) is 5.32 Å². The van der Waals surface area contributed by atoms with Crippen molar-refractivity contribution in [2.24, 2.45) is 16.8 Å². The Hall–Kier alpha value is -2.55. The molecule has 7 nitrogen and oxygen atoms in total. The summed E-state index contributed by atoms with van der Waals surface area (Å²) >= 11 is 0. The second-order valence-corrected chi connectivity index (χ2v) is 8.00. The van der Waals surface area contributed by atoms with E-state index in [1.54, 1.807) is 18.3 Å². The van der Waals surface area contributed by atoms with Gasteiger partial charge >= 0.3 is 0 Å². The lowest BCUT2D eigenvalue weighted by atomic mass is 9.95. The summed E-state index contributed by atoms with van der Waals surface area (Å²) in [7, 11) is -3.72. The van der Waals surface area contributed by atoms with Gasteiger partial charge in [-0.15, -0.1) is 0 Å². The fraction of sp³-hybridized carbons (Fsp3) is 0.222. The van der Waals surface area contributed by atoms with Gasteiger partial charge in [0.2, 0.25) is 16.0 Å². The Bertz CT molecular complexity index is 1030. The highest BCUT2D eigenvalue weighted by Gasteiger charge is 2.15. The van der Waals surface area contributed by atoms with Gasteiger partial charge < -0.3 is 11.1 Å². The average molecular weight is 371 g/mol. The largest absolute Gasteiger partial charge is 0.324 e. The third kappa shape index (κ3) is 3.82. The van der Waals surface area contributed by atoms with Crippen LogP contribution in [-0.2, 0) is 10.0 Å². The van der Waals surface area contributed by atoms with Gasteiger partial charge in [0.25, 0.3) is 0 Å². The molecular formula is C18H21N5O2S. The van der Waals surface area contributed by atoms with Crippen LogP contribution in [0.2, 0.25) is 0 Å². The van der Waals surface area contributed by atoms with E-state index in [1.807, 2.05) is 18.2 Å². The van der Waals surface area contributed by atoms with E-state index in [2.05, 4.69) is 29.1 Å². The lowest BCUT2D eigenvalue weighted by molar-refractivity contribution is 0.516. The molecule has 8 heteroatoms. The molecule has 0 saturated heterocycles. The molecule has 0 aliphatic carbocycles. The summed E-state index contributed by atoms with van der Waals surface area (Å²) in [5, 5.41) is 9.09. The number of nitrogens with zero attached hydrogens (tertiary/aromatic N) is 2. The summed E-state index contributed by atoms with van der Waals surface area (Å²) in [6, 6.07) is 11.8. The van der Waals surface area contributed by atoms with Crippen molar-refractivity contribution in [1.29, 1.82) is 0 Å². The van der Waals surface area contributed by atoms with Crippen LogP contribution in [-0.4, -0.2) is 18.4 Å². The smallest absolute Gasteiger partial charge is 0.238 e. The van der Waals surface area contributed by atoms with Crippen LogP contribution in [0.4, 0.5) is 11.6 Å². The van der Waals surface area contributed by atoms with Gasteiger partial charge in [-0.2, -0.15) is 0 Å². The van der Waals surface area contributed by atoms with Crippen molar-refractivity contribution >= 4 is 32.6 Å². The molecule has 1 heterocycles. The molecule has 0 saturated carbocycles. The van der Waals surface area contributed by atoms with Gasteiger partial charge in [0.1, 0.15) is 0 Å². The Morgan fingerprint density at radius 3 is 2.38 bits per heavy atom. The van der Waals surface area contributed by atoms with E-state index in [1.165, 1.54) is 12.1 Å². The Kier molecular flexibility index (Phi) is 4.90. The van der Waals surface area contributed by atoms with Gasteiger partial charge in [0.15, 0.2) is 0 Å². The number of nitrogens with one attached hydrogen (secondary N) is 1. The number of para-hydroxylation sites is 1. The molecule has 0 aliphatic rings. The maximum absolute atomic E-state index is 11.3. The molecule has 3 aromatic rings. The molecule has 3 rings (SSSR count). The van der Waals surface area contributed by atoms with Gasteiger partial charge in [-0.05, 0) is 35.7 Å². The third-order valence-corrected chi connectivity index (χ3v) is 5.09. The molecule has 26 heavy (non-hydrogen) atoms. The Morgan fingerprint density at radius 2 is 1.77 bits per heavy atom. The molecule has 0 fully saturated rings. The molecule has 0 bridgehead atoms. The van der Waals surface area contributed by atoms with Crippen LogP contribution in [0.1, 0.15) is 25.5 Å². The van der Waals surface area contributed by atoms with Crippen LogP contribution in [0.15, 0.2) is 53.6 Å². The lowest BCUT2D eigenvalue weighted by Crippen LogP contribution is -2.17. The molecule has 136 valence electrons. The number of anilines is 2. The first-order chi connectivity index (χ1) is 12.3. The number of benzene rings is 2. The van der Waals surface area contributed by atoms with Crippen LogP contribution in [0.5, 0.6) is 0 Å². The van der Waals surface area contributed by atoms with Crippen molar-refractivity contribution in [1.82, 2.24) is 9.97 Å². The van der Waals surface area contributed by atoms with E-state index in [9.17, 15) is 8.42 Å². The highest BCUT2D eigenvalue weighted by atomic mass is 32.2. The highest BCUT2D eigenvalue weighted by Crippen LogP contribution is 2.27. The summed E-state index contributed by atoms with van der Waals surface area (Å²) in [4.78, 5) is 8.96. The number of primary sulfonamides is 1. The fourth-order valence-corrected chi connectivity index (χ4v) is 3.14. The van der Waals surface area contributed by atoms with E-state index in [0.717, 1.165) is 16.5 Å². The summed E-state index contributed by atoms with van der Waals surface area (Å²) in [5.41, 5.74) is 8.73. The first-order valence-corrected chi connectivity index (χ1v) is 9.71. The molecule has 1 aromatic heterocycles. The minimum absolute atomic E-state index is 0.0488. The molecule has 0 amide bonds. The van der Waals surface area contributed by atoms with Crippen LogP contribution in [0.25, 0.3) is 10.9 Å². The van der Waals surface area contributed by atoms with Crippen molar-refractivity contribution in [3.8, 4) is 0 Å². The number of hydrogen-bond donors (Lipinski definition) is 3. The van der Waals surface area contributed by atoms with Crippen LogP contribution >= 0.6 is 0 Å². The molecule has 5 N–H and O–H groups in total. The zero-order chi connectivity index (χ0) is 18.9. The first-order valence-electron chi connectivity index (χ1n) is 8.17. The monoisotopic (exact) mass is 371 g/mol. The van der Waals surface area contributed by atoms with E-state index < -0.39 is 10.0 Å². The average Bonchev–Trinajstić information content (AvgIpc) is 2.60.